The number of carbonyl (C=O) groups is 1. The maximum absolute atomic E-state index is 14.5. The number of phenols is 1. The minimum Gasteiger partial charge on any atom is -0.508 e. The summed E-state index contributed by atoms with van der Waals surface area (Å²) in [4.78, 5) is 16.5. The summed E-state index contributed by atoms with van der Waals surface area (Å²) in [7, 11) is 3.23. The number of benzene rings is 2. The summed E-state index contributed by atoms with van der Waals surface area (Å²) in [6.45, 7) is 0.703. The summed E-state index contributed by atoms with van der Waals surface area (Å²) in [5.41, 5.74) is 2.71. The summed E-state index contributed by atoms with van der Waals surface area (Å²) >= 11 is 0. The molecule has 33 heavy (non-hydrogen) atoms. The van der Waals surface area contributed by atoms with Gasteiger partial charge in [-0.05, 0) is 47.5 Å². The first-order chi connectivity index (χ1) is 15.9. The van der Waals surface area contributed by atoms with Crippen molar-refractivity contribution in [2.24, 2.45) is 0 Å². The quantitative estimate of drug-likeness (QED) is 0.584. The average Bonchev–Trinajstić information content (AvgIpc) is 3.42. The monoisotopic (exact) mass is 454 g/mol. The van der Waals surface area contributed by atoms with Crippen LogP contribution in [-0.4, -0.2) is 51.8 Å². The normalized spacial score (nSPS) is 15.6. The average molecular weight is 454 g/mol. The van der Waals surface area contributed by atoms with Gasteiger partial charge in [0.05, 0.1) is 30.6 Å². The Morgan fingerprint density at radius 1 is 1.27 bits per heavy atom. The van der Waals surface area contributed by atoms with Gasteiger partial charge in [-0.25, -0.2) is 13.6 Å². The van der Waals surface area contributed by atoms with E-state index in [1.165, 1.54) is 11.0 Å². The molecule has 0 spiro atoms. The van der Waals surface area contributed by atoms with Crippen LogP contribution in [0, 0.1) is 11.6 Å². The van der Waals surface area contributed by atoms with Crippen LogP contribution in [0.25, 0.3) is 5.57 Å². The topological polar surface area (TPSA) is 81.7 Å². The zero-order valence-electron chi connectivity index (χ0n) is 18.3. The molecule has 3 aromatic rings. The smallest absolute Gasteiger partial charge is 0.321 e. The third-order valence-corrected chi connectivity index (χ3v) is 5.48. The Morgan fingerprint density at radius 3 is 2.85 bits per heavy atom. The number of phenolic OH excluding ortho intramolecular Hbond substituents is 1. The summed E-state index contributed by atoms with van der Waals surface area (Å²) in [5, 5.41) is 17.0. The van der Waals surface area contributed by atoms with Crippen LogP contribution < -0.4 is 0 Å². The van der Waals surface area contributed by atoms with Crippen LogP contribution >= 0.6 is 0 Å². The number of hydrogen-bond acceptors (Lipinski definition) is 4. The van der Waals surface area contributed by atoms with E-state index in [-0.39, 0.29) is 30.4 Å². The zero-order valence-corrected chi connectivity index (χ0v) is 18.3. The molecule has 2 N–H and O–H groups in total. The van der Waals surface area contributed by atoms with E-state index in [0.717, 1.165) is 23.9 Å². The summed E-state index contributed by atoms with van der Waals surface area (Å²) in [6, 6.07) is 10.7. The van der Waals surface area contributed by atoms with Crippen molar-refractivity contribution in [3.05, 3.63) is 88.8 Å². The Kier molecular flexibility index (Phi) is 6.41. The summed E-state index contributed by atoms with van der Waals surface area (Å²) in [6.07, 6.45) is 1.73. The number of nitrogens with zero attached hydrogens (tertiary/aromatic N) is 3. The number of rotatable bonds is 6. The number of aromatic hydroxyl groups is 1. The number of urea groups is 1. The van der Waals surface area contributed by atoms with E-state index >= 15 is 0 Å². The molecular weight excluding hydrogens is 430 g/mol. The molecule has 172 valence electrons. The fraction of sp³-hybridized carbons (Fsp3) is 0.250. The first-order valence-corrected chi connectivity index (χ1v) is 10.3. The minimum absolute atomic E-state index is 0.0502. The number of carbonyl (C=O) groups excluding carboxylic acids is 1. The van der Waals surface area contributed by atoms with Crippen LogP contribution in [0.4, 0.5) is 13.6 Å². The second-order valence-corrected chi connectivity index (χ2v) is 7.94. The van der Waals surface area contributed by atoms with Crippen molar-refractivity contribution in [3.63, 3.8) is 0 Å². The van der Waals surface area contributed by atoms with Crippen LogP contribution in [0.5, 0.6) is 5.75 Å². The standard InChI is InChI=1S/C24H24F2N4O3/c1-29(13-18-11-19(14-33-2)28-27-18)24(32)30-12-16(21-10-17(25)6-7-22(21)26)9-23(30)15-4-3-5-20(31)8-15/h3-11,23,31H,12-14H2,1-2H3,(H,27,28). The van der Waals surface area contributed by atoms with E-state index in [4.69, 9.17) is 4.74 Å². The number of halogens is 2. The number of aromatic amines is 1. The Hall–Kier alpha value is -3.72. The van der Waals surface area contributed by atoms with Gasteiger partial charge in [-0.3, -0.25) is 5.10 Å². The molecule has 1 aliphatic heterocycles. The maximum atomic E-state index is 14.5. The van der Waals surface area contributed by atoms with Gasteiger partial charge < -0.3 is 19.6 Å². The molecule has 2 amide bonds. The van der Waals surface area contributed by atoms with Crippen LogP contribution in [0.3, 0.4) is 0 Å². The van der Waals surface area contributed by atoms with Crippen molar-refractivity contribution in [1.29, 1.82) is 0 Å². The molecule has 0 bridgehead atoms. The summed E-state index contributed by atoms with van der Waals surface area (Å²) in [5.74, 6) is -1.08. The van der Waals surface area contributed by atoms with E-state index < -0.39 is 17.7 Å². The Bertz CT molecular complexity index is 1190. The molecule has 1 atom stereocenters. The van der Waals surface area contributed by atoms with Gasteiger partial charge in [0.2, 0.25) is 0 Å². The largest absolute Gasteiger partial charge is 0.508 e. The second kappa shape index (κ2) is 9.41. The Morgan fingerprint density at radius 2 is 2.09 bits per heavy atom. The first kappa shape index (κ1) is 22.5. The highest BCUT2D eigenvalue weighted by Gasteiger charge is 2.33. The highest BCUT2D eigenvalue weighted by atomic mass is 19.1. The van der Waals surface area contributed by atoms with E-state index in [1.54, 1.807) is 43.3 Å². The van der Waals surface area contributed by atoms with E-state index in [2.05, 4.69) is 10.2 Å². The molecule has 0 saturated carbocycles. The molecule has 0 saturated heterocycles. The van der Waals surface area contributed by atoms with Crippen molar-refractivity contribution in [3.8, 4) is 5.75 Å². The lowest BCUT2D eigenvalue weighted by Gasteiger charge is -2.29. The maximum Gasteiger partial charge on any atom is 0.321 e. The predicted molar refractivity (Wildman–Crippen MR) is 118 cm³/mol. The van der Waals surface area contributed by atoms with Crippen molar-refractivity contribution in [1.82, 2.24) is 20.0 Å². The fourth-order valence-corrected chi connectivity index (χ4v) is 3.95. The number of nitrogens with one attached hydrogen (secondary N) is 1. The number of H-pyrrole nitrogens is 1. The van der Waals surface area contributed by atoms with Gasteiger partial charge >= 0.3 is 6.03 Å². The van der Waals surface area contributed by atoms with Gasteiger partial charge in [-0.15, -0.1) is 0 Å². The van der Waals surface area contributed by atoms with Crippen LogP contribution in [0.1, 0.15) is 28.6 Å². The molecule has 7 nitrogen and oxygen atoms in total. The number of amides is 2. The SMILES string of the molecule is COCc1cc(CN(C)C(=O)N2CC(c3cc(F)ccc3F)=CC2c2cccc(O)c2)n[nH]1. The van der Waals surface area contributed by atoms with Crippen molar-refractivity contribution >= 4 is 11.6 Å². The molecule has 4 rings (SSSR count). The molecule has 9 heteroatoms. The number of aromatic nitrogens is 2. The van der Waals surface area contributed by atoms with Crippen LogP contribution in [0.2, 0.25) is 0 Å². The van der Waals surface area contributed by atoms with Crippen molar-refractivity contribution < 1.29 is 23.4 Å². The lowest BCUT2D eigenvalue weighted by molar-refractivity contribution is 0.159. The van der Waals surface area contributed by atoms with Gasteiger partial charge in [0.15, 0.2) is 0 Å². The second-order valence-electron chi connectivity index (χ2n) is 7.94. The third-order valence-electron chi connectivity index (χ3n) is 5.48. The van der Waals surface area contributed by atoms with Gasteiger partial charge in [0.25, 0.3) is 0 Å². The minimum atomic E-state index is -0.567. The van der Waals surface area contributed by atoms with Gasteiger partial charge in [0.1, 0.15) is 17.4 Å². The van der Waals surface area contributed by atoms with Gasteiger partial charge in [0, 0.05) is 26.3 Å². The lowest BCUT2D eigenvalue weighted by Crippen LogP contribution is -2.41. The van der Waals surface area contributed by atoms with E-state index in [9.17, 15) is 18.7 Å². The molecule has 0 aliphatic carbocycles. The molecule has 0 radical (unpaired) electrons. The molecule has 1 aromatic heterocycles. The highest BCUT2D eigenvalue weighted by molar-refractivity contribution is 5.82. The molecule has 0 fully saturated rings. The molecule has 2 aromatic carbocycles. The third kappa shape index (κ3) is 4.88. The van der Waals surface area contributed by atoms with Crippen LogP contribution in [0.15, 0.2) is 54.6 Å². The predicted octanol–water partition coefficient (Wildman–Crippen LogP) is 4.23. The number of methoxy groups -OCH3 is 1. The highest BCUT2D eigenvalue weighted by Crippen LogP contribution is 2.37. The molecule has 1 aliphatic rings. The first-order valence-electron chi connectivity index (χ1n) is 10.3. The summed E-state index contributed by atoms with van der Waals surface area (Å²) < 4.78 is 33.4. The zero-order chi connectivity index (χ0) is 23.5. The van der Waals surface area contributed by atoms with Gasteiger partial charge in [-0.1, -0.05) is 18.2 Å². The number of ether oxygens (including phenoxy) is 1. The Balaban J connectivity index is 1.62. The molecule has 1 unspecified atom stereocenters. The Labute approximate surface area is 189 Å². The molecular formula is C24H24F2N4O3. The van der Waals surface area contributed by atoms with Crippen molar-refractivity contribution in [2.75, 3.05) is 20.7 Å². The molecule has 2 heterocycles. The lowest BCUT2D eigenvalue weighted by atomic mass is 10.0. The van der Waals surface area contributed by atoms with E-state index in [0.29, 0.717) is 23.4 Å². The van der Waals surface area contributed by atoms with Crippen LogP contribution in [-0.2, 0) is 17.9 Å². The fourth-order valence-electron chi connectivity index (χ4n) is 3.95. The van der Waals surface area contributed by atoms with Gasteiger partial charge in [-0.2, -0.15) is 5.10 Å². The van der Waals surface area contributed by atoms with E-state index in [1.807, 2.05) is 6.07 Å². The van der Waals surface area contributed by atoms with Crippen molar-refractivity contribution in [2.45, 2.75) is 19.2 Å². The number of hydrogen-bond donors (Lipinski definition) is 2.